The van der Waals surface area contributed by atoms with Gasteiger partial charge >= 0.3 is 5.97 Å². The van der Waals surface area contributed by atoms with Crippen LogP contribution in [-0.4, -0.2) is 26.5 Å². The summed E-state index contributed by atoms with van der Waals surface area (Å²) in [6.45, 7) is 1.93. The number of carboxylic acid groups (broad SMARTS) is 1. The molecule has 172 valence electrons. The van der Waals surface area contributed by atoms with Gasteiger partial charge in [0.05, 0.1) is 12.0 Å². The van der Waals surface area contributed by atoms with Crippen LogP contribution in [0.1, 0.15) is 34.2 Å². The Balaban J connectivity index is 1.61. The molecule has 0 radical (unpaired) electrons. The lowest BCUT2D eigenvalue weighted by Gasteiger charge is -2.23. The summed E-state index contributed by atoms with van der Waals surface area (Å²) < 4.78 is 39.0. The maximum absolute atomic E-state index is 13.2. The summed E-state index contributed by atoms with van der Waals surface area (Å²) >= 11 is 0. The molecule has 1 heterocycles. The maximum Gasteiger partial charge on any atom is 0.328 e. The fraction of sp³-hybridized carbons (Fsp3) is 0.240. The van der Waals surface area contributed by atoms with Crippen LogP contribution in [-0.2, 0) is 34.3 Å². The van der Waals surface area contributed by atoms with Crippen LogP contribution in [0.25, 0.3) is 6.08 Å². The Hall–Kier alpha value is -3.52. The van der Waals surface area contributed by atoms with Crippen molar-refractivity contribution in [2.45, 2.75) is 37.9 Å². The first-order chi connectivity index (χ1) is 15.8. The molecule has 1 aliphatic rings. The third kappa shape index (κ3) is 4.80. The lowest BCUT2D eigenvalue weighted by molar-refractivity contribution is -0.131. The average Bonchev–Trinajstić information content (AvgIpc) is 3.44. The van der Waals surface area contributed by atoms with Gasteiger partial charge in [-0.05, 0) is 72.7 Å². The number of anilines is 1. The van der Waals surface area contributed by atoms with Gasteiger partial charge in [0.1, 0.15) is 12.4 Å². The van der Waals surface area contributed by atoms with E-state index in [1.165, 1.54) is 29.3 Å². The van der Waals surface area contributed by atoms with E-state index in [0.29, 0.717) is 17.0 Å². The fourth-order valence-corrected chi connectivity index (χ4v) is 5.18. The lowest BCUT2D eigenvalue weighted by Crippen LogP contribution is -2.27. The third-order valence-electron chi connectivity index (χ3n) is 5.72. The first kappa shape index (κ1) is 22.7. The van der Waals surface area contributed by atoms with Crippen LogP contribution >= 0.6 is 0 Å². The number of aryl methyl sites for hydroxylation is 3. The minimum Gasteiger partial charge on any atom is -0.487 e. The number of rotatable bonds is 8. The predicted octanol–water partition coefficient (Wildman–Crippen LogP) is 4.58. The number of sulfonamides is 1. The Morgan fingerprint density at radius 1 is 1.15 bits per heavy atom. The summed E-state index contributed by atoms with van der Waals surface area (Å²) in [5, 5.41) is 8.67. The van der Waals surface area contributed by atoms with Gasteiger partial charge in [0.25, 0.3) is 10.0 Å². The van der Waals surface area contributed by atoms with Crippen molar-refractivity contribution in [1.29, 1.82) is 0 Å². The first-order valence-electron chi connectivity index (χ1n) is 10.6. The molecule has 1 aromatic heterocycles. The Bertz CT molecular complexity index is 1310. The van der Waals surface area contributed by atoms with E-state index in [9.17, 15) is 13.2 Å². The second-order valence-corrected chi connectivity index (χ2v) is 9.88. The van der Waals surface area contributed by atoms with Gasteiger partial charge in [0, 0.05) is 18.7 Å². The monoisotopic (exact) mass is 467 g/mol. The summed E-state index contributed by atoms with van der Waals surface area (Å²) in [7, 11) is -2.39. The predicted molar refractivity (Wildman–Crippen MR) is 125 cm³/mol. The number of aliphatic carboxylic acids is 1. The van der Waals surface area contributed by atoms with Gasteiger partial charge in [-0.25, -0.2) is 4.79 Å². The van der Waals surface area contributed by atoms with E-state index in [2.05, 4.69) is 0 Å². The highest BCUT2D eigenvalue weighted by molar-refractivity contribution is 7.92. The van der Waals surface area contributed by atoms with Crippen molar-refractivity contribution in [2.24, 2.45) is 0 Å². The molecule has 0 saturated heterocycles. The minimum absolute atomic E-state index is 0.0820. The largest absolute Gasteiger partial charge is 0.487 e. The summed E-state index contributed by atoms with van der Waals surface area (Å²) in [5.74, 6) is -0.517. The second-order valence-electron chi connectivity index (χ2n) is 8.01. The molecule has 2 aromatic carbocycles. The molecule has 0 fully saturated rings. The highest BCUT2D eigenvalue weighted by atomic mass is 32.2. The van der Waals surface area contributed by atoms with Crippen LogP contribution in [0.3, 0.4) is 0 Å². The SMILES string of the molecule is Cc1ccoc1S(=O)(=O)N(C)c1cc2c(cc1OCc1ccc(/C=C/C(=O)O)cc1)CCC2. The molecule has 1 aliphatic carbocycles. The van der Waals surface area contributed by atoms with Crippen molar-refractivity contribution in [3.63, 3.8) is 0 Å². The molecule has 4 rings (SSSR count). The lowest BCUT2D eigenvalue weighted by atomic mass is 10.1. The minimum atomic E-state index is -3.89. The van der Waals surface area contributed by atoms with Gasteiger partial charge in [-0.3, -0.25) is 4.31 Å². The molecule has 0 atom stereocenters. The number of hydrogen-bond donors (Lipinski definition) is 1. The van der Waals surface area contributed by atoms with E-state index in [4.69, 9.17) is 14.3 Å². The number of carboxylic acids is 1. The van der Waals surface area contributed by atoms with Crippen molar-refractivity contribution < 1.29 is 27.5 Å². The van der Waals surface area contributed by atoms with Crippen LogP contribution in [0.4, 0.5) is 5.69 Å². The molecule has 0 amide bonds. The zero-order chi connectivity index (χ0) is 23.6. The van der Waals surface area contributed by atoms with Gasteiger partial charge in [0.2, 0.25) is 5.09 Å². The van der Waals surface area contributed by atoms with Gasteiger partial charge < -0.3 is 14.3 Å². The van der Waals surface area contributed by atoms with Crippen molar-refractivity contribution >= 4 is 27.8 Å². The van der Waals surface area contributed by atoms with E-state index in [1.807, 2.05) is 24.3 Å². The van der Waals surface area contributed by atoms with Crippen LogP contribution in [0, 0.1) is 6.92 Å². The average molecular weight is 468 g/mol. The molecular formula is C25H25NO6S. The van der Waals surface area contributed by atoms with E-state index in [0.717, 1.165) is 42.0 Å². The zero-order valence-electron chi connectivity index (χ0n) is 18.4. The number of ether oxygens (including phenoxy) is 1. The molecule has 0 unspecified atom stereocenters. The fourth-order valence-electron chi connectivity index (χ4n) is 3.88. The molecule has 0 bridgehead atoms. The maximum atomic E-state index is 13.2. The number of fused-ring (bicyclic) bond motifs is 1. The Morgan fingerprint density at radius 3 is 2.48 bits per heavy atom. The number of furan rings is 1. The van der Waals surface area contributed by atoms with Crippen LogP contribution in [0.5, 0.6) is 5.75 Å². The van der Waals surface area contributed by atoms with E-state index < -0.39 is 16.0 Å². The third-order valence-corrected chi connectivity index (χ3v) is 7.52. The Morgan fingerprint density at radius 2 is 1.85 bits per heavy atom. The van der Waals surface area contributed by atoms with Crippen molar-refractivity contribution in [1.82, 2.24) is 0 Å². The summed E-state index contributed by atoms with van der Waals surface area (Å²) in [4.78, 5) is 10.7. The second kappa shape index (κ2) is 9.15. The van der Waals surface area contributed by atoms with Crippen LogP contribution in [0.15, 0.2) is 64.3 Å². The molecule has 0 aliphatic heterocycles. The molecule has 3 aromatic rings. The quantitative estimate of drug-likeness (QED) is 0.487. The Labute approximate surface area is 193 Å². The van der Waals surface area contributed by atoms with Crippen molar-refractivity contribution in [3.05, 3.63) is 82.6 Å². The van der Waals surface area contributed by atoms with E-state index >= 15 is 0 Å². The molecule has 33 heavy (non-hydrogen) atoms. The summed E-state index contributed by atoms with van der Waals surface area (Å²) in [6.07, 6.45) is 6.83. The topological polar surface area (TPSA) is 97.0 Å². The zero-order valence-corrected chi connectivity index (χ0v) is 19.3. The number of nitrogens with zero attached hydrogens (tertiary/aromatic N) is 1. The molecule has 0 saturated carbocycles. The van der Waals surface area contributed by atoms with Gasteiger partial charge in [-0.15, -0.1) is 0 Å². The molecule has 0 spiro atoms. The number of carbonyl (C=O) groups is 1. The molecular weight excluding hydrogens is 442 g/mol. The summed E-state index contributed by atoms with van der Waals surface area (Å²) in [5.41, 5.74) is 4.95. The normalized spacial score (nSPS) is 13.3. The smallest absolute Gasteiger partial charge is 0.328 e. The van der Waals surface area contributed by atoms with Gasteiger partial charge in [-0.2, -0.15) is 8.42 Å². The van der Waals surface area contributed by atoms with Crippen molar-refractivity contribution in [3.8, 4) is 5.75 Å². The van der Waals surface area contributed by atoms with Crippen LogP contribution < -0.4 is 9.04 Å². The van der Waals surface area contributed by atoms with Gasteiger partial charge in [-0.1, -0.05) is 24.3 Å². The van der Waals surface area contributed by atoms with Crippen molar-refractivity contribution in [2.75, 3.05) is 11.4 Å². The highest BCUT2D eigenvalue weighted by Gasteiger charge is 2.29. The van der Waals surface area contributed by atoms with Gasteiger partial charge in [0.15, 0.2) is 0 Å². The molecule has 1 N–H and O–H groups in total. The highest BCUT2D eigenvalue weighted by Crippen LogP contribution is 2.38. The molecule has 8 heteroatoms. The number of hydrogen-bond acceptors (Lipinski definition) is 5. The molecule has 7 nitrogen and oxygen atoms in total. The van der Waals surface area contributed by atoms with Crippen LogP contribution in [0.2, 0.25) is 0 Å². The van der Waals surface area contributed by atoms with E-state index in [-0.39, 0.29) is 11.7 Å². The standard InChI is InChI=1S/C25H25NO6S/c1-17-12-13-31-25(17)33(29,30)26(2)22-14-20-4-3-5-21(20)15-23(22)32-16-19-8-6-18(7-9-19)10-11-24(27)28/h6-15H,3-5,16H2,1-2H3,(H,27,28)/b11-10+. The van der Waals surface area contributed by atoms with E-state index in [1.54, 1.807) is 25.1 Å². The first-order valence-corrected chi connectivity index (χ1v) is 12.0. The Kier molecular flexibility index (Phi) is 6.29. The summed E-state index contributed by atoms with van der Waals surface area (Å²) in [6, 6.07) is 12.8. The number of benzene rings is 2.